The van der Waals surface area contributed by atoms with Crippen LogP contribution in [0.3, 0.4) is 0 Å². The van der Waals surface area contributed by atoms with Crippen molar-refractivity contribution in [3.63, 3.8) is 0 Å². The lowest BCUT2D eigenvalue weighted by atomic mass is 10.0. The van der Waals surface area contributed by atoms with Gasteiger partial charge in [0.2, 0.25) is 0 Å². The van der Waals surface area contributed by atoms with Gasteiger partial charge in [-0.15, -0.1) is 6.58 Å². The highest BCUT2D eigenvalue weighted by atomic mass is 32.2. The van der Waals surface area contributed by atoms with Crippen LogP contribution in [-0.4, -0.2) is 48.8 Å². The van der Waals surface area contributed by atoms with Crippen LogP contribution in [0.2, 0.25) is 0 Å². The first-order chi connectivity index (χ1) is 13.5. The molecule has 1 atom stereocenters. The number of nitrogens with zero attached hydrogens (tertiary/aromatic N) is 2. The third kappa shape index (κ3) is 5.19. The number of aromatic nitrogens is 1. The molecular weight excluding hydrogens is 374 g/mol. The van der Waals surface area contributed by atoms with Gasteiger partial charge in [0.25, 0.3) is 5.91 Å². The molecule has 0 aliphatic carbocycles. The van der Waals surface area contributed by atoms with Crippen LogP contribution in [-0.2, 0) is 9.84 Å². The van der Waals surface area contributed by atoms with Crippen molar-refractivity contribution in [2.75, 3.05) is 29.9 Å². The minimum atomic E-state index is -3.01. The number of benzene rings is 1. The topological polar surface area (TPSA) is 79.4 Å². The van der Waals surface area contributed by atoms with Gasteiger partial charge in [-0.1, -0.05) is 36.4 Å². The summed E-state index contributed by atoms with van der Waals surface area (Å²) < 4.78 is 23.1. The van der Waals surface area contributed by atoms with Crippen LogP contribution < -0.4 is 5.32 Å². The number of pyridine rings is 1. The summed E-state index contributed by atoms with van der Waals surface area (Å²) in [5.41, 5.74) is 1.63. The molecule has 1 N–H and O–H groups in total. The van der Waals surface area contributed by atoms with E-state index in [4.69, 9.17) is 0 Å². The van der Waals surface area contributed by atoms with Crippen molar-refractivity contribution < 1.29 is 13.2 Å². The Bertz CT molecular complexity index is 898. The van der Waals surface area contributed by atoms with Gasteiger partial charge >= 0.3 is 0 Å². The zero-order valence-corrected chi connectivity index (χ0v) is 16.6. The Morgan fingerprint density at radius 3 is 2.50 bits per heavy atom. The van der Waals surface area contributed by atoms with Gasteiger partial charge in [0, 0.05) is 19.3 Å². The van der Waals surface area contributed by atoms with Crippen LogP contribution in [0.15, 0.2) is 61.3 Å². The maximum atomic E-state index is 12.6. The fourth-order valence-electron chi connectivity index (χ4n) is 3.17. The first-order valence-electron chi connectivity index (χ1n) is 9.36. The summed E-state index contributed by atoms with van der Waals surface area (Å²) >= 11 is 0. The lowest BCUT2D eigenvalue weighted by Gasteiger charge is -2.26. The summed E-state index contributed by atoms with van der Waals surface area (Å²) in [6.07, 6.45) is 5.20. The van der Waals surface area contributed by atoms with Crippen molar-refractivity contribution in [2.45, 2.75) is 18.9 Å². The molecular formula is C21H25N3O3S. The predicted molar refractivity (Wildman–Crippen MR) is 111 cm³/mol. The summed E-state index contributed by atoms with van der Waals surface area (Å²) in [4.78, 5) is 18.5. The van der Waals surface area contributed by atoms with E-state index in [-0.39, 0.29) is 36.5 Å². The molecule has 3 rings (SSSR count). The van der Waals surface area contributed by atoms with E-state index in [1.165, 1.54) is 5.56 Å². The lowest BCUT2D eigenvalue weighted by Crippen LogP contribution is -2.43. The number of carbonyl (C=O) groups is 1. The average molecular weight is 400 g/mol. The van der Waals surface area contributed by atoms with E-state index in [1.54, 1.807) is 23.2 Å². The number of hydrogen-bond donors (Lipinski definition) is 1. The predicted octanol–water partition coefficient (Wildman–Crippen LogP) is 3.07. The number of rotatable bonds is 7. The van der Waals surface area contributed by atoms with Gasteiger partial charge in [0.05, 0.1) is 23.1 Å². The number of carbonyl (C=O) groups excluding carboxylic acids is 1. The summed E-state index contributed by atoms with van der Waals surface area (Å²) in [5.74, 6) is 0.553. The minimum Gasteiger partial charge on any atom is -0.363 e. The Balaban J connectivity index is 1.67. The fraction of sp³-hybridized carbons (Fsp3) is 0.333. The molecule has 2 heterocycles. The number of allylic oxidation sites excluding steroid dienone is 1. The van der Waals surface area contributed by atoms with Gasteiger partial charge < -0.3 is 10.2 Å². The van der Waals surface area contributed by atoms with Gasteiger partial charge in [-0.25, -0.2) is 13.4 Å². The molecule has 28 heavy (non-hydrogen) atoms. The normalized spacial score (nSPS) is 16.9. The van der Waals surface area contributed by atoms with Crippen LogP contribution in [0.5, 0.6) is 0 Å². The molecule has 7 heteroatoms. The fourth-order valence-corrected chi connectivity index (χ4v) is 4.38. The van der Waals surface area contributed by atoms with Crippen LogP contribution in [0.25, 0.3) is 0 Å². The molecule has 1 aliphatic heterocycles. The Kier molecular flexibility index (Phi) is 6.46. The molecule has 1 aromatic carbocycles. The van der Waals surface area contributed by atoms with Crippen molar-refractivity contribution in [2.24, 2.45) is 0 Å². The van der Waals surface area contributed by atoms with Crippen LogP contribution in [0.1, 0.15) is 34.8 Å². The van der Waals surface area contributed by atoms with Gasteiger partial charge in [-0.2, -0.15) is 0 Å². The average Bonchev–Trinajstić information content (AvgIpc) is 2.72. The smallest absolute Gasteiger partial charge is 0.255 e. The van der Waals surface area contributed by atoms with Crippen LogP contribution >= 0.6 is 0 Å². The molecule has 0 radical (unpaired) electrons. The minimum absolute atomic E-state index is 0.0217. The van der Waals surface area contributed by atoms with Crippen LogP contribution in [0.4, 0.5) is 5.82 Å². The van der Waals surface area contributed by atoms with Gasteiger partial charge in [0.1, 0.15) is 5.82 Å². The zero-order valence-electron chi connectivity index (χ0n) is 15.8. The van der Waals surface area contributed by atoms with E-state index in [0.29, 0.717) is 11.4 Å². The molecule has 0 bridgehead atoms. The standard InChI is InChI=1S/C21H25N3O3S/c1-2-3-9-19(17-7-5-4-6-8-17)23-20-11-10-18(16-22-20)21(25)24-12-14-28(26,27)15-13-24/h2,4-8,10-11,16,19H,1,3,9,12-15H2,(H,22,23). The molecule has 1 aliphatic rings. The van der Waals surface area contributed by atoms with Gasteiger partial charge in [-0.3, -0.25) is 4.79 Å². The van der Waals surface area contributed by atoms with Crippen molar-refractivity contribution in [1.29, 1.82) is 0 Å². The monoisotopic (exact) mass is 399 g/mol. The molecule has 1 unspecified atom stereocenters. The quantitative estimate of drug-likeness (QED) is 0.724. The summed E-state index contributed by atoms with van der Waals surface area (Å²) in [6, 6.07) is 13.8. The lowest BCUT2D eigenvalue weighted by molar-refractivity contribution is 0.0770. The molecule has 1 amide bonds. The molecule has 148 valence electrons. The SMILES string of the molecule is C=CCCC(Nc1ccc(C(=O)N2CCS(=O)(=O)CC2)cn1)c1ccccc1. The molecule has 0 saturated carbocycles. The maximum absolute atomic E-state index is 12.6. The van der Waals surface area contributed by atoms with Crippen molar-refractivity contribution in [1.82, 2.24) is 9.88 Å². The first kappa shape index (κ1) is 20.1. The third-order valence-corrected chi connectivity index (χ3v) is 6.43. The van der Waals surface area contributed by atoms with E-state index in [9.17, 15) is 13.2 Å². The van der Waals surface area contributed by atoms with E-state index in [1.807, 2.05) is 24.3 Å². The molecule has 1 fully saturated rings. The second kappa shape index (κ2) is 9.01. The van der Waals surface area contributed by atoms with E-state index >= 15 is 0 Å². The summed E-state index contributed by atoms with van der Waals surface area (Å²) in [5, 5.41) is 3.42. The molecule has 2 aromatic rings. The molecule has 6 nitrogen and oxygen atoms in total. The third-order valence-electron chi connectivity index (χ3n) is 4.83. The van der Waals surface area contributed by atoms with Gasteiger partial charge in [0.15, 0.2) is 9.84 Å². The highest BCUT2D eigenvalue weighted by molar-refractivity contribution is 7.91. The second-order valence-corrected chi connectivity index (χ2v) is 9.15. The zero-order chi connectivity index (χ0) is 20.0. The highest BCUT2D eigenvalue weighted by Gasteiger charge is 2.25. The number of nitrogens with one attached hydrogen (secondary N) is 1. The largest absolute Gasteiger partial charge is 0.363 e. The summed E-state index contributed by atoms with van der Waals surface area (Å²) in [7, 11) is -3.01. The number of amides is 1. The molecule has 1 saturated heterocycles. The second-order valence-electron chi connectivity index (χ2n) is 6.85. The van der Waals surface area contributed by atoms with E-state index < -0.39 is 9.84 Å². The Morgan fingerprint density at radius 2 is 1.89 bits per heavy atom. The Hall–Kier alpha value is -2.67. The van der Waals surface area contributed by atoms with Gasteiger partial charge in [-0.05, 0) is 30.5 Å². The van der Waals surface area contributed by atoms with Crippen molar-refractivity contribution in [3.05, 3.63) is 72.4 Å². The first-order valence-corrected chi connectivity index (χ1v) is 11.2. The summed E-state index contributed by atoms with van der Waals surface area (Å²) in [6.45, 7) is 4.26. The molecule has 0 spiro atoms. The highest BCUT2D eigenvalue weighted by Crippen LogP contribution is 2.23. The Labute approximate surface area is 166 Å². The van der Waals surface area contributed by atoms with Crippen molar-refractivity contribution in [3.8, 4) is 0 Å². The number of hydrogen-bond acceptors (Lipinski definition) is 5. The maximum Gasteiger partial charge on any atom is 0.255 e. The van der Waals surface area contributed by atoms with E-state index in [0.717, 1.165) is 12.8 Å². The van der Waals surface area contributed by atoms with Crippen molar-refractivity contribution >= 4 is 21.6 Å². The number of anilines is 1. The van der Waals surface area contributed by atoms with E-state index in [2.05, 4.69) is 29.0 Å². The van der Waals surface area contributed by atoms with Crippen LogP contribution in [0, 0.1) is 0 Å². The Morgan fingerprint density at radius 1 is 1.18 bits per heavy atom. The molecule has 1 aromatic heterocycles. The number of sulfone groups is 1.